The molecule has 0 aliphatic carbocycles. The Morgan fingerprint density at radius 1 is 1.03 bits per heavy atom. The van der Waals surface area contributed by atoms with Gasteiger partial charge in [0, 0.05) is 19.1 Å². The van der Waals surface area contributed by atoms with Crippen molar-refractivity contribution >= 4 is 28.6 Å². The molecule has 2 heterocycles. The summed E-state index contributed by atoms with van der Waals surface area (Å²) >= 11 is 0. The van der Waals surface area contributed by atoms with Crippen LogP contribution in [0.4, 0.5) is 4.79 Å². The zero-order valence-corrected chi connectivity index (χ0v) is 19.9. The number of nitrogens with zero attached hydrogens (tertiary/aromatic N) is 2. The van der Waals surface area contributed by atoms with Crippen molar-refractivity contribution in [2.45, 2.75) is 37.9 Å². The number of imide groups is 1. The van der Waals surface area contributed by atoms with Gasteiger partial charge in [-0.1, -0.05) is 66.7 Å². The number of carbonyl (C=O) groups excluding carboxylic acids is 3. The highest BCUT2D eigenvalue weighted by molar-refractivity contribution is 6.09. The van der Waals surface area contributed by atoms with Gasteiger partial charge in [0.25, 0.3) is 5.91 Å². The number of hydrogen-bond acceptors (Lipinski definition) is 4. The smallest absolute Gasteiger partial charge is 0.325 e. The molecule has 0 radical (unpaired) electrons. The van der Waals surface area contributed by atoms with Crippen LogP contribution < -0.4 is 10.6 Å². The van der Waals surface area contributed by atoms with Crippen molar-refractivity contribution in [1.82, 2.24) is 20.4 Å². The summed E-state index contributed by atoms with van der Waals surface area (Å²) in [4.78, 5) is 42.2. The molecule has 2 atom stereocenters. The van der Waals surface area contributed by atoms with E-state index in [4.69, 9.17) is 0 Å². The fourth-order valence-electron chi connectivity index (χ4n) is 5.11. The van der Waals surface area contributed by atoms with Crippen molar-refractivity contribution in [2.24, 2.45) is 0 Å². The number of hydrogen-bond donors (Lipinski definition) is 2. The van der Waals surface area contributed by atoms with Gasteiger partial charge in [0.1, 0.15) is 12.1 Å². The molecule has 5 rings (SSSR count). The molecule has 3 aromatic rings. The molecular weight excluding hydrogens is 440 g/mol. The Bertz CT molecular complexity index is 1260. The van der Waals surface area contributed by atoms with Gasteiger partial charge < -0.3 is 10.6 Å². The number of benzene rings is 3. The predicted octanol–water partition coefficient (Wildman–Crippen LogP) is 3.39. The van der Waals surface area contributed by atoms with E-state index in [1.54, 1.807) is 6.92 Å². The summed E-state index contributed by atoms with van der Waals surface area (Å²) in [7, 11) is 0. The second-order valence-electron chi connectivity index (χ2n) is 9.64. The third-order valence-corrected chi connectivity index (χ3v) is 7.02. The minimum Gasteiger partial charge on any atom is -0.351 e. The normalized spacial score (nSPS) is 22.9. The maximum atomic E-state index is 13.3. The SMILES string of the molecule is CC1(c2ccc3ccccc3c2)NC(=O)N(CC(=O)NC2CCCN(Cc3ccccc3)C2)C1=O. The third-order valence-electron chi connectivity index (χ3n) is 7.02. The lowest BCUT2D eigenvalue weighted by Crippen LogP contribution is -2.50. The van der Waals surface area contributed by atoms with Crippen molar-refractivity contribution in [2.75, 3.05) is 19.6 Å². The summed E-state index contributed by atoms with van der Waals surface area (Å²) in [6.07, 6.45) is 1.87. The summed E-state index contributed by atoms with van der Waals surface area (Å²) in [6.45, 7) is 3.97. The standard InChI is InChI=1S/C28H30N4O3/c1-28(23-14-13-21-10-5-6-11-22(21)16-23)26(34)32(27(35)30-28)19-25(33)29-24-12-7-15-31(18-24)17-20-8-3-2-4-9-20/h2-6,8-11,13-14,16,24H,7,12,15,17-19H2,1H3,(H,29,33)(H,30,35). The number of rotatable bonds is 6. The van der Waals surface area contributed by atoms with Gasteiger partial charge in [0.05, 0.1) is 0 Å². The Hall–Kier alpha value is -3.71. The number of carbonyl (C=O) groups is 3. The Balaban J connectivity index is 1.22. The molecule has 0 aromatic heterocycles. The van der Waals surface area contributed by atoms with Gasteiger partial charge in [-0.2, -0.15) is 0 Å². The first-order valence-corrected chi connectivity index (χ1v) is 12.1. The quantitative estimate of drug-likeness (QED) is 0.541. The number of amides is 4. The van der Waals surface area contributed by atoms with Crippen molar-refractivity contribution in [1.29, 1.82) is 0 Å². The highest BCUT2D eigenvalue weighted by Gasteiger charge is 2.49. The van der Waals surface area contributed by atoms with Gasteiger partial charge in [-0.3, -0.25) is 19.4 Å². The zero-order chi connectivity index (χ0) is 24.4. The van der Waals surface area contributed by atoms with E-state index in [0.29, 0.717) is 5.56 Å². The molecule has 0 saturated carbocycles. The molecule has 7 heteroatoms. The number of nitrogens with one attached hydrogen (secondary N) is 2. The van der Waals surface area contributed by atoms with Crippen molar-refractivity contribution < 1.29 is 14.4 Å². The van der Waals surface area contributed by atoms with E-state index in [2.05, 4.69) is 27.7 Å². The van der Waals surface area contributed by atoms with E-state index in [1.807, 2.05) is 60.7 Å². The fourth-order valence-corrected chi connectivity index (χ4v) is 5.11. The zero-order valence-electron chi connectivity index (χ0n) is 19.9. The van der Waals surface area contributed by atoms with Crippen LogP contribution in [0.25, 0.3) is 10.8 Å². The molecule has 2 aliphatic rings. The lowest BCUT2D eigenvalue weighted by Gasteiger charge is -2.33. The van der Waals surface area contributed by atoms with Crippen LogP contribution in [0.3, 0.4) is 0 Å². The molecule has 2 N–H and O–H groups in total. The van der Waals surface area contributed by atoms with Gasteiger partial charge in [0.15, 0.2) is 0 Å². The molecule has 2 aliphatic heterocycles. The maximum absolute atomic E-state index is 13.3. The number of fused-ring (bicyclic) bond motifs is 1. The molecular formula is C28H30N4O3. The molecule has 0 spiro atoms. The minimum absolute atomic E-state index is 0.00685. The Labute approximate surface area is 205 Å². The number of likely N-dealkylation sites (tertiary alicyclic amines) is 1. The Kier molecular flexibility index (Phi) is 6.26. The highest BCUT2D eigenvalue weighted by atomic mass is 16.2. The first-order chi connectivity index (χ1) is 16.9. The first-order valence-electron chi connectivity index (χ1n) is 12.1. The van der Waals surface area contributed by atoms with E-state index in [1.165, 1.54) is 5.56 Å². The Morgan fingerprint density at radius 2 is 1.77 bits per heavy atom. The van der Waals surface area contributed by atoms with Gasteiger partial charge in [0.2, 0.25) is 5.91 Å². The summed E-state index contributed by atoms with van der Waals surface area (Å²) in [5.41, 5.74) is 0.728. The second kappa shape index (κ2) is 9.50. The van der Waals surface area contributed by atoms with Crippen LogP contribution in [0.2, 0.25) is 0 Å². The average Bonchev–Trinajstić information content (AvgIpc) is 3.08. The van der Waals surface area contributed by atoms with E-state index >= 15 is 0 Å². The monoisotopic (exact) mass is 470 g/mol. The molecule has 3 aromatic carbocycles. The van der Waals surface area contributed by atoms with Crippen molar-refractivity contribution in [3.8, 4) is 0 Å². The largest absolute Gasteiger partial charge is 0.351 e. The molecule has 0 bridgehead atoms. The van der Waals surface area contributed by atoms with Crippen molar-refractivity contribution in [3.63, 3.8) is 0 Å². The minimum atomic E-state index is -1.21. The molecule has 35 heavy (non-hydrogen) atoms. The molecule has 2 saturated heterocycles. The van der Waals surface area contributed by atoms with Crippen LogP contribution in [0.15, 0.2) is 72.8 Å². The van der Waals surface area contributed by atoms with E-state index in [0.717, 1.165) is 48.1 Å². The van der Waals surface area contributed by atoms with Crippen LogP contribution in [-0.4, -0.2) is 53.3 Å². The van der Waals surface area contributed by atoms with Gasteiger partial charge in [-0.05, 0) is 54.3 Å². The number of urea groups is 1. The van der Waals surface area contributed by atoms with Crippen LogP contribution >= 0.6 is 0 Å². The third kappa shape index (κ3) is 4.77. The van der Waals surface area contributed by atoms with Gasteiger partial charge in [-0.15, -0.1) is 0 Å². The lowest BCUT2D eigenvalue weighted by molar-refractivity contribution is -0.135. The van der Waals surface area contributed by atoms with Crippen LogP contribution in [0.5, 0.6) is 0 Å². The van der Waals surface area contributed by atoms with Gasteiger partial charge in [-0.25, -0.2) is 4.79 Å². The Morgan fingerprint density at radius 3 is 2.57 bits per heavy atom. The summed E-state index contributed by atoms with van der Waals surface area (Å²) in [6, 6.07) is 23.3. The second-order valence-corrected chi connectivity index (χ2v) is 9.64. The van der Waals surface area contributed by atoms with E-state index in [9.17, 15) is 14.4 Å². The van der Waals surface area contributed by atoms with Crippen LogP contribution in [-0.2, 0) is 21.7 Å². The molecule has 4 amide bonds. The molecule has 2 unspecified atom stereocenters. The first kappa shape index (κ1) is 23.1. The average molecular weight is 471 g/mol. The van der Waals surface area contributed by atoms with E-state index < -0.39 is 17.5 Å². The molecule has 7 nitrogen and oxygen atoms in total. The number of piperidine rings is 1. The molecule has 2 fully saturated rings. The topological polar surface area (TPSA) is 81.8 Å². The molecule has 180 valence electrons. The fraction of sp³-hybridized carbons (Fsp3) is 0.321. The highest BCUT2D eigenvalue weighted by Crippen LogP contribution is 2.31. The van der Waals surface area contributed by atoms with Crippen molar-refractivity contribution in [3.05, 3.63) is 83.9 Å². The van der Waals surface area contributed by atoms with Crippen LogP contribution in [0.1, 0.15) is 30.9 Å². The van der Waals surface area contributed by atoms with E-state index in [-0.39, 0.29) is 18.5 Å². The summed E-state index contributed by atoms with van der Waals surface area (Å²) in [5.74, 6) is -0.731. The summed E-state index contributed by atoms with van der Waals surface area (Å²) < 4.78 is 0. The predicted molar refractivity (Wildman–Crippen MR) is 134 cm³/mol. The van der Waals surface area contributed by atoms with Crippen LogP contribution in [0, 0.1) is 0 Å². The maximum Gasteiger partial charge on any atom is 0.325 e. The summed E-state index contributed by atoms with van der Waals surface area (Å²) in [5, 5.41) is 7.89. The lowest BCUT2D eigenvalue weighted by atomic mass is 9.90. The van der Waals surface area contributed by atoms with Gasteiger partial charge >= 0.3 is 6.03 Å².